The number of aromatic hydroxyl groups is 1. The Morgan fingerprint density at radius 2 is 2.18 bits per heavy atom. The van der Waals surface area contributed by atoms with Gasteiger partial charge >= 0.3 is 0 Å². The Bertz CT molecular complexity index is 375. The third-order valence-electron chi connectivity index (χ3n) is 3.25. The zero-order valence-corrected chi connectivity index (χ0v) is 10.0. The van der Waals surface area contributed by atoms with Crippen molar-refractivity contribution in [1.29, 1.82) is 0 Å². The quantitative estimate of drug-likeness (QED) is 0.721. The molecule has 0 aromatic heterocycles. The van der Waals surface area contributed by atoms with E-state index < -0.39 is 0 Å². The summed E-state index contributed by atoms with van der Waals surface area (Å²) in [5, 5.41) is 22.1. The van der Waals surface area contributed by atoms with Crippen molar-refractivity contribution >= 4 is 0 Å². The zero-order valence-electron chi connectivity index (χ0n) is 10.0. The van der Waals surface area contributed by atoms with Crippen LogP contribution in [-0.4, -0.2) is 30.0 Å². The molecule has 1 aromatic rings. The third-order valence-corrected chi connectivity index (χ3v) is 3.25. The van der Waals surface area contributed by atoms with Gasteiger partial charge in [-0.1, -0.05) is 0 Å². The van der Waals surface area contributed by atoms with Crippen LogP contribution in [0.4, 0.5) is 0 Å². The number of hydrogen-bond donors (Lipinski definition) is 3. The number of ether oxygens (including phenoxy) is 1. The van der Waals surface area contributed by atoms with Crippen LogP contribution in [0.1, 0.15) is 18.4 Å². The smallest absolute Gasteiger partial charge is 0.120 e. The van der Waals surface area contributed by atoms with E-state index in [0.717, 1.165) is 30.7 Å². The molecule has 0 atom stereocenters. The van der Waals surface area contributed by atoms with E-state index in [9.17, 15) is 5.11 Å². The highest BCUT2D eigenvalue weighted by Crippen LogP contribution is 2.27. The van der Waals surface area contributed by atoms with Gasteiger partial charge in [0.15, 0.2) is 0 Å². The maximum Gasteiger partial charge on any atom is 0.120 e. The Labute approximate surface area is 101 Å². The highest BCUT2D eigenvalue weighted by atomic mass is 16.5. The number of phenolic OH excluding ortho intramolecular Hbond substituents is 1. The van der Waals surface area contributed by atoms with E-state index >= 15 is 0 Å². The first-order chi connectivity index (χ1) is 8.19. The first-order valence-corrected chi connectivity index (χ1v) is 5.93. The molecule has 17 heavy (non-hydrogen) atoms. The Balaban J connectivity index is 1.81. The second-order valence-corrected chi connectivity index (χ2v) is 4.62. The molecule has 0 amide bonds. The molecule has 4 heteroatoms. The van der Waals surface area contributed by atoms with Crippen molar-refractivity contribution in [2.75, 3.05) is 13.7 Å². The number of phenols is 1. The molecule has 0 saturated heterocycles. The van der Waals surface area contributed by atoms with Gasteiger partial charge in [0.2, 0.25) is 0 Å². The lowest BCUT2D eigenvalue weighted by Gasteiger charge is -2.31. The van der Waals surface area contributed by atoms with Gasteiger partial charge in [-0.3, -0.25) is 0 Å². The fourth-order valence-electron chi connectivity index (χ4n) is 2.11. The molecule has 4 nitrogen and oxygen atoms in total. The molecule has 2 rings (SSSR count). The third kappa shape index (κ3) is 3.11. The van der Waals surface area contributed by atoms with E-state index in [1.165, 1.54) is 0 Å². The van der Waals surface area contributed by atoms with Gasteiger partial charge in [-0.15, -0.1) is 0 Å². The van der Waals surface area contributed by atoms with E-state index in [1.807, 2.05) is 6.07 Å². The Hall–Kier alpha value is -1.26. The topological polar surface area (TPSA) is 61.7 Å². The number of hydrogen-bond acceptors (Lipinski definition) is 4. The van der Waals surface area contributed by atoms with Crippen molar-refractivity contribution in [1.82, 2.24) is 5.32 Å². The minimum atomic E-state index is -0.105. The molecular weight excluding hydrogens is 218 g/mol. The molecule has 0 unspecified atom stereocenters. The van der Waals surface area contributed by atoms with Crippen LogP contribution in [0.5, 0.6) is 11.5 Å². The maximum absolute atomic E-state index is 9.67. The molecule has 0 spiro atoms. The summed E-state index contributed by atoms with van der Waals surface area (Å²) in [7, 11) is 1.61. The number of benzene rings is 1. The molecule has 94 valence electrons. The summed E-state index contributed by atoms with van der Waals surface area (Å²) in [4.78, 5) is 0. The SMILES string of the molecule is COc1ccc(O)c(CNCC2CC(O)C2)c1. The van der Waals surface area contributed by atoms with E-state index in [0.29, 0.717) is 12.5 Å². The normalized spacial score (nSPS) is 23.2. The van der Waals surface area contributed by atoms with Gasteiger partial charge in [0.1, 0.15) is 11.5 Å². The number of aliphatic hydroxyl groups excluding tert-OH is 1. The number of methoxy groups -OCH3 is 1. The average Bonchev–Trinajstić information content (AvgIpc) is 2.29. The highest BCUT2D eigenvalue weighted by molar-refractivity contribution is 5.39. The molecular formula is C13H19NO3. The van der Waals surface area contributed by atoms with E-state index in [1.54, 1.807) is 19.2 Å². The number of aliphatic hydroxyl groups is 1. The average molecular weight is 237 g/mol. The molecule has 1 aliphatic carbocycles. The van der Waals surface area contributed by atoms with Crippen molar-refractivity contribution in [3.05, 3.63) is 23.8 Å². The molecule has 1 saturated carbocycles. The van der Waals surface area contributed by atoms with Crippen LogP contribution in [-0.2, 0) is 6.54 Å². The van der Waals surface area contributed by atoms with Gasteiger partial charge < -0.3 is 20.3 Å². The highest BCUT2D eigenvalue weighted by Gasteiger charge is 2.26. The lowest BCUT2D eigenvalue weighted by atomic mass is 9.82. The second-order valence-electron chi connectivity index (χ2n) is 4.62. The minimum Gasteiger partial charge on any atom is -0.508 e. The summed E-state index contributed by atoms with van der Waals surface area (Å²) < 4.78 is 5.11. The zero-order chi connectivity index (χ0) is 12.3. The van der Waals surface area contributed by atoms with Gasteiger partial charge in [-0.25, -0.2) is 0 Å². The minimum absolute atomic E-state index is 0.105. The van der Waals surface area contributed by atoms with Crippen LogP contribution in [0, 0.1) is 5.92 Å². The number of rotatable bonds is 5. The Morgan fingerprint density at radius 1 is 1.41 bits per heavy atom. The van der Waals surface area contributed by atoms with Gasteiger partial charge in [0, 0.05) is 12.1 Å². The van der Waals surface area contributed by atoms with Crippen LogP contribution in [0.15, 0.2) is 18.2 Å². The van der Waals surface area contributed by atoms with Crippen LogP contribution in [0.25, 0.3) is 0 Å². The fourth-order valence-corrected chi connectivity index (χ4v) is 2.11. The van der Waals surface area contributed by atoms with Crippen LogP contribution >= 0.6 is 0 Å². The van der Waals surface area contributed by atoms with Gasteiger partial charge in [-0.05, 0) is 43.5 Å². The monoisotopic (exact) mass is 237 g/mol. The van der Waals surface area contributed by atoms with E-state index in [-0.39, 0.29) is 11.9 Å². The molecule has 0 heterocycles. The first kappa shape index (κ1) is 12.2. The van der Waals surface area contributed by atoms with E-state index in [2.05, 4.69) is 5.32 Å². The van der Waals surface area contributed by atoms with Crippen molar-refractivity contribution in [3.63, 3.8) is 0 Å². The lowest BCUT2D eigenvalue weighted by molar-refractivity contribution is 0.0429. The molecule has 0 bridgehead atoms. The molecule has 1 aliphatic rings. The first-order valence-electron chi connectivity index (χ1n) is 5.93. The van der Waals surface area contributed by atoms with Crippen LogP contribution in [0.2, 0.25) is 0 Å². The lowest BCUT2D eigenvalue weighted by Crippen LogP contribution is -2.35. The summed E-state index contributed by atoms with van der Waals surface area (Å²) in [6.45, 7) is 1.50. The molecule has 0 radical (unpaired) electrons. The van der Waals surface area contributed by atoms with Crippen LogP contribution in [0.3, 0.4) is 0 Å². The second kappa shape index (κ2) is 5.38. The predicted molar refractivity (Wildman–Crippen MR) is 65.1 cm³/mol. The standard InChI is InChI=1S/C13H19NO3/c1-17-12-2-3-13(16)10(6-12)8-14-7-9-4-11(15)5-9/h2-3,6,9,11,14-16H,4-5,7-8H2,1H3. The van der Waals surface area contributed by atoms with Crippen molar-refractivity contribution in [2.45, 2.75) is 25.5 Å². The fraction of sp³-hybridized carbons (Fsp3) is 0.538. The number of nitrogens with one attached hydrogen (secondary N) is 1. The van der Waals surface area contributed by atoms with Crippen LogP contribution < -0.4 is 10.1 Å². The molecule has 0 aliphatic heterocycles. The maximum atomic E-state index is 9.67. The molecule has 1 fully saturated rings. The predicted octanol–water partition coefficient (Wildman–Crippen LogP) is 1.26. The van der Waals surface area contributed by atoms with Crippen molar-refractivity contribution < 1.29 is 14.9 Å². The summed E-state index contributed by atoms with van der Waals surface area (Å²) in [6.07, 6.45) is 1.67. The molecule has 1 aromatic carbocycles. The molecule has 3 N–H and O–H groups in total. The van der Waals surface area contributed by atoms with E-state index in [4.69, 9.17) is 9.84 Å². The Kier molecular flexibility index (Phi) is 3.86. The van der Waals surface area contributed by atoms with Crippen molar-refractivity contribution in [3.8, 4) is 11.5 Å². The largest absolute Gasteiger partial charge is 0.508 e. The summed E-state index contributed by atoms with van der Waals surface area (Å²) in [6, 6.07) is 5.21. The summed E-state index contributed by atoms with van der Waals surface area (Å²) in [5.74, 6) is 1.60. The van der Waals surface area contributed by atoms with Gasteiger partial charge in [-0.2, -0.15) is 0 Å². The van der Waals surface area contributed by atoms with Gasteiger partial charge in [0.05, 0.1) is 13.2 Å². The van der Waals surface area contributed by atoms with Gasteiger partial charge in [0.25, 0.3) is 0 Å². The Morgan fingerprint density at radius 3 is 2.82 bits per heavy atom. The summed E-state index contributed by atoms with van der Waals surface area (Å²) in [5.41, 5.74) is 0.837. The summed E-state index contributed by atoms with van der Waals surface area (Å²) >= 11 is 0. The van der Waals surface area contributed by atoms with Crippen molar-refractivity contribution in [2.24, 2.45) is 5.92 Å².